The van der Waals surface area contributed by atoms with Crippen LogP contribution in [0.15, 0.2) is 18.2 Å². The predicted molar refractivity (Wildman–Crippen MR) is 84.4 cm³/mol. The molecule has 1 saturated heterocycles. The second kappa shape index (κ2) is 6.44. The molecule has 20 heavy (non-hydrogen) atoms. The molecule has 112 valence electrons. The van der Waals surface area contributed by atoms with Gasteiger partial charge >= 0.3 is 0 Å². The molecule has 1 aliphatic heterocycles. The number of anilines is 2. The highest BCUT2D eigenvalue weighted by Gasteiger charge is 2.17. The van der Waals surface area contributed by atoms with Gasteiger partial charge in [0.05, 0.1) is 0 Å². The number of nitrogens with zero attached hydrogens (tertiary/aromatic N) is 2. The Morgan fingerprint density at radius 2 is 2.00 bits per heavy atom. The molecule has 1 aromatic rings. The molecule has 0 saturated carbocycles. The standard InChI is InChI=1S/C16H27N3O/c1-16(2,3)18-14-6-5-7-15(17-14)19(4)12-13-8-10-20-11-9-13/h5-7,13H,8-12H2,1-4H3,(H,17,18). The number of aromatic nitrogens is 1. The molecular weight excluding hydrogens is 250 g/mol. The zero-order valence-corrected chi connectivity index (χ0v) is 13.1. The Morgan fingerprint density at radius 3 is 2.65 bits per heavy atom. The van der Waals surface area contributed by atoms with Gasteiger partial charge < -0.3 is 15.0 Å². The second-order valence-electron chi connectivity index (χ2n) is 6.69. The number of rotatable bonds is 4. The zero-order valence-electron chi connectivity index (χ0n) is 13.1. The van der Waals surface area contributed by atoms with Gasteiger partial charge in [0.2, 0.25) is 0 Å². The molecule has 4 nitrogen and oxygen atoms in total. The van der Waals surface area contributed by atoms with E-state index in [0.29, 0.717) is 0 Å². The van der Waals surface area contributed by atoms with Gasteiger partial charge in [-0.3, -0.25) is 0 Å². The van der Waals surface area contributed by atoms with Crippen molar-refractivity contribution in [1.82, 2.24) is 4.98 Å². The fourth-order valence-electron chi connectivity index (χ4n) is 2.50. The number of nitrogens with one attached hydrogen (secondary N) is 1. The van der Waals surface area contributed by atoms with Gasteiger partial charge in [0.25, 0.3) is 0 Å². The average Bonchev–Trinajstić information content (AvgIpc) is 2.38. The molecule has 0 bridgehead atoms. The highest BCUT2D eigenvalue weighted by Crippen LogP contribution is 2.20. The maximum absolute atomic E-state index is 5.42. The van der Waals surface area contributed by atoms with Crippen molar-refractivity contribution in [2.24, 2.45) is 5.92 Å². The Balaban J connectivity index is 1.98. The van der Waals surface area contributed by atoms with Crippen LogP contribution < -0.4 is 10.2 Å². The molecule has 1 aromatic heterocycles. The summed E-state index contributed by atoms with van der Waals surface area (Å²) in [6.45, 7) is 9.29. The maximum atomic E-state index is 5.42. The topological polar surface area (TPSA) is 37.4 Å². The molecule has 0 aromatic carbocycles. The number of hydrogen-bond acceptors (Lipinski definition) is 4. The minimum absolute atomic E-state index is 0.0326. The SMILES string of the molecule is CN(CC1CCOCC1)c1cccc(NC(C)(C)C)n1. The molecule has 1 fully saturated rings. The summed E-state index contributed by atoms with van der Waals surface area (Å²) < 4.78 is 5.42. The normalized spacial score (nSPS) is 17.0. The number of hydrogen-bond donors (Lipinski definition) is 1. The van der Waals surface area contributed by atoms with Gasteiger partial charge in [-0.2, -0.15) is 0 Å². The Hall–Kier alpha value is -1.29. The first-order valence-electron chi connectivity index (χ1n) is 7.48. The third-order valence-electron chi connectivity index (χ3n) is 3.50. The Morgan fingerprint density at radius 1 is 1.30 bits per heavy atom. The molecule has 0 aliphatic carbocycles. The highest BCUT2D eigenvalue weighted by molar-refractivity contribution is 5.47. The van der Waals surface area contributed by atoms with Crippen molar-refractivity contribution in [1.29, 1.82) is 0 Å². The zero-order chi connectivity index (χ0) is 14.6. The highest BCUT2D eigenvalue weighted by atomic mass is 16.5. The summed E-state index contributed by atoms with van der Waals surface area (Å²) >= 11 is 0. The van der Waals surface area contributed by atoms with E-state index in [1.807, 2.05) is 6.07 Å². The molecule has 1 N–H and O–H groups in total. The maximum Gasteiger partial charge on any atom is 0.130 e. The molecule has 2 heterocycles. The molecule has 0 unspecified atom stereocenters. The second-order valence-corrected chi connectivity index (χ2v) is 6.69. The van der Waals surface area contributed by atoms with Gasteiger partial charge in [-0.1, -0.05) is 6.07 Å². The lowest BCUT2D eigenvalue weighted by atomic mass is 10.00. The lowest BCUT2D eigenvalue weighted by Gasteiger charge is -2.28. The van der Waals surface area contributed by atoms with E-state index < -0.39 is 0 Å². The quantitative estimate of drug-likeness (QED) is 0.917. The molecule has 0 amide bonds. The van der Waals surface area contributed by atoms with Gasteiger partial charge in [0, 0.05) is 32.3 Å². The van der Waals surface area contributed by atoms with E-state index in [1.54, 1.807) is 0 Å². The minimum Gasteiger partial charge on any atom is -0.381 e. The van der Waals surface area contributed by atoms with Gasteiger partial charge in [-0.05, 0) is 51.7 Å². The van der Waals surface area contributed by atoms with Crippen LogP contribution in [0.3, 0.4) is 0 Å². The third kappa shape index (κ3) is 4.67. The Kier molecular flexibility index (Phi) is 4.86. The first kappa shape index (κ1) is 15.1. The molecule has 2 rings (SSSR count). The summed E-state index contributed by atoms with van der Waals surface area (Å²) in [6.07, 6.45) is 2.31. The van der Waals surface area contributed by atoms with Gasteiger partial charge in [-0.15, -0.1) is 0 Å². The Bertz CT molecular complexity index is 422. The summed E-state index contributed by atoms with van der Waals surface area (Å²) in [5, 5.41) is 3.42. The van der Waals surface area contributed by atoms with Crippen LogP contribution in [0.1, 0.15) is 33.6 Å². The Labute approximate surface area is 122 Å². The molecular formula is C16H27N3O. The van der Waals surface area contributed by atoms with Gasteiger partial charge in [0.15, 0.2) is 0 Å². The van der Waals surface area contributed by atoms with Crippen molar-refractivity contribution in [3.8, 4) is 0 Å². The van der Waals surface area contributed by atoms with E-state index in [2.05, 4.69) is 50.2 Å². The summed E-state index contributed by atoms with van der Waals surface area (Å²) in [4.78, 5) is 6.96. The van der Waals surface area contributed by atoms with Crippen molar-refractivity contribution in [3.63, 3.8) is 0 Å². The van der Waals surface area contributed by atoms with Crippen LogP contribution in [-0.2, 0) is 4.74 Å². The van der Waals surface area contributed by atoms with E-state index in [4.69, 9.17) is 9.72 Å². The smallest absolute Gasteiger partial charge is 0.130 e. The number of ether oxygens (including phenoxy) is 1. The van der Waals surface area contributed by atoms with E-state index in [-0.39, 0.29) is 5.54 Å². The van der Waals surface area contributed by atoms with Crippen LogP contribution >= 0.6 is 0 Å². The van der Waals surface area contributed by atoms with E-state index in [9.17, 15) is 0 Å². The summed E-state index contributed by atoms with van der Waals surface area (Å²) in [6, 6.07) is 6.17. The molecule has 0 radical (unpaired) electrons. The van der Waals surface area contributed by atoms with Gasteiger partial charge in [-0.25, -0.2) is 4.98 Å². The van der Waals surface area contributed by atoms with Crippen molar-refractivity contribution >= 4 is 11.6 Å². The minimum atomic E-state index is 0.0326. The monoisotopic (exact) mass is 277 g/mol. The van der Waals surface area contributed by atoms with E-state index in [1.165, 1.54) is 0 Å². The van der Waals surface area contributed by atoms with Crippen LogP contribution in [0, 0.1) is 5.92 Å². The fourth-order valence-corrected chi connectivity index (χ4v) is 2.50. The summed E-state index contributed by atoms with van der Waals surface area (Å²) in [7, 11) is 2.12. The van der Waals surface area contributed by atoms with Crippen LogP contribution in [0.4, 0.5) is 11.6 Å². The van der Waals surface area contributed by atoms with E-state index in [0.717, 1.165) is 50.2 Å². The van der Waals surface area contributed by atoms with Crippen LogP contribution in [0.2, 0.25) is 0 Å². The fraction of sp³-hybridized carbons (Fsp3) is 0.688. The molecule has 4 heteroatoms. The first-order valence-corrected chi connectivity index (χ1v) is 7.48. The van der Waals surface area contributed by atoms with Crippen LogP contribution in [-0.4, -0.2) is 37.3 Å². The first-order chi connectivity index (χ1) is 9.44. The lowest BCUT2D eigenvalue weighted by molar-refractivity contribution is 0.0685. The van der Waals surface area contributed by atoms with E-state index >= 15 is 0 Å². The predicted octanol–water partition coefficient (Wildman–Crippen LogP) is 3.15. The third-order valence-corrected chi connectivity index (χ3v) is 3.50. The van der Waals surface area contributed by atoms with Crippen LogP contribution in [0.5, 0.6) is 0 Å². The van der Waals surface area contributed by atoms with Gasteiger partial charge in [0.1, 0.15) is 11.6 Å². The molecule has 1 aliphatic rings. The van der Waals surface area contributed by atoms with Crippen molar-refractivity contribution in [2.75, 3.05) is 37.0 Å². The molecule has 0 atom stereocenters. The van der Waals surface area contributed by atoms with Crippen molar-refractivity contribution in [2.45, 2.75) is 39.2 Å². The molecule has 0 spiro atoms. The summed E-state index contributed by atoms with van der Waals surface area (Å²) in [5.41, 5.74) is 0.0326. The largest absolute Gasteiger partial charge is 0.381 e. The average molecular weight is 277 g/mol. The van der Waals surface area contributed by atoms with Crippen molar-refractivity contribution < 1.29 is 4.74 Å². The van der Waals surface area contributed by atoms with Crippen molar-refractivity contribution in [3.05, 3.63) is 18.2 Å². The number of pyridine rings is 1. The van der Waals surface area contributed by atoms with Crippen LogP contribution in [0.25, 0.3) is 0 Å². The summed E-state index contributed by atoms with van der Waals surface area (Å²) in [5.74, 6) is 2.69. The lowest BCUT2D eigenvalue weighted by Crippen LogP contribution is -2.31.